The lowest BCUT2D eigenvalue weighted by Gasteiger charge is -2.08. The third kappa shape index (κ3) is 4.01. The maximum Gasteiger partial charge on any atom is 0.279 e. The average Bonchev–Trinajstić information content (AvgIpc) is 2.61. The highest BCUT2D eigenvalue weighted by Gasteiger charge is 2.06. The molecule has 126 valence electrons. The Morgan fingerprint density at radius 2 is 1.80 bits per heavy atom. The first-order chi connectivity index (χ1) is 12.0. The van der Waals surface area contributed by atoms with E-state index in [0.29, 0.717) is 12.0 Å². The predicted molar refractivity (Wildman–Crippen MR) is 96.3 cm³/mol. The van der Waals surface area contributed by atoms with Crippen molar-refractivity contribution in [3.05, 3.63) is 99.5 Å². The van der Waals surface area contributed by atoms with Crippen LogP contribution >= 0.6 is 0 Å². The second kappa shape index (κ2) is 7.13. The number of aryl methyl sites for hydroxylation is 2. The van der Waals surface area contributed by atoms with Crippen LogP contribution in [0.2, 0.25) is 0 Å². The van der Waals surface area contributed by atoms with Crippen LogP contribution in [0.4, 0.5) is 0 Å². The van der Waals surface area contributed by atoms with Crippen molar-refractivity contribution in [1.82, 2.24) is 9.13 Å². The molecule has 0 aliphatic carbocycles. The lowest BCUT2D eigenvalue weighted by Crippen LogP contribution is -2.23. The lowest BCUT2D eigenvalue weighted by atomic mass is 10.1. The molecule has 5 heteroatoms. The quantitative estimate of drug-likeness (QED) is 0.738. The van der Waals surface area contributed by atoms with Crippen LogP contribution in [0.15, 0.2) is 76.8 Å². The molecule has 0 spiro atoms. The van der Waals surface area contributed by atoms with E-state index in [1.165, 1.54) is 16.2 Å². The van der Waals surface area contributed by atoms with Gasteiger partial charge in [-0.05, 0) is 30.7 Å². The van der Waals surface area contributed by atoms with E-state index in [2.05, 4.69) is 29.3 Å². The second-order valence-corrected chi connectivity index (χ2v) is 5.95. The summed E-state index contributed by atoms with van der Waals surface area (Å²) >= 11 is 0. The van der Waals surface area contributed by atoms with E-state index in [1.807, 2.05) is 29.8 Å². The van der Waals surface area contributed by atoms with Crippen LogP contribution in [0.1, 0.15) is 21.5 Å². The highest BCUT2D eigenvalue weighted by atomic mass is 16.1. The molecule has 0 radical (unpaired) electrons. The number of rotatable bonds is 3. The summed E-state index contributed by atoms with van der Waals surface area (Å²) in [6, 6.07) is 16.6. The highest BCUT2D eigenvalue weighted by Crippen LogP contribution is 2.04. The van der Waals surface area contributed by atoms with Crippen LogP contribution < -0.4 is 11.0 Å². The second-order valence-electron chi connectivity index (χ2n) is 5.95. The molecule has 0 unspecified atom stereocenters. The third-order valence-corrected chi connectivity index (χ3v) is 3.96. The van der Waals surface area contributed by atoms with Crippen LogP contribution in [-0.2, 0) is 13.6 Å². The van der Waals surface area contributed by atoms with Crippen LogP contribution in [0.5, 0.6) is 0 Å². The minimum Gasteiger partial charge on any atom is -0.328 e. The minimum absolute atomic E-state index is 0.235. The molecule has 3 rings (SSSR count). The Hall–Kier alpha value is -3.21. The van der Waals surface area contributed by atoms with E-state index in [1.54, 1.807) is 25.4 Å². The zero-order valence-electron chi connectivity index (χ0n) is 14.2. The maximum atomic E-state index is 12.4. The van der Waals surface area contributed by atoms with Crippen molar-refractivity contribution in [3.8, 4) is 0 Å². The van der Waals surface area contributed by atoms with Crippen molar-refractivity contribution in [2.24, 2.45) is 12.0 Å². The molecule has 0 saturated carbocycles. The molecular formula is C20H19N3O2. The zero-order valence-corrected chi connectivity index (χ0v) is 14.2. The fraction of sp³-hybridized carbons (Fsp3) is 0.150. The smallest absolute Gasteiger partial charge is 0.279 e. The first-order valence-electron chi connectivity index (χ1n) is 8.00. The summed E-state index contributed by atoms with van der Waals surface area (Å²) in [5.74, 6) is -0.429. The summed E-state index contributed by atoms with van der Waals surface area (Å²) in [5, 5.41) is 0. The molecule has 0 bridgehead atoms. The van der Waals surface area contributed by atoms with Crippen LogP contribution in [0.3, 0.4) is 0 Å². The summed E-state index contributed by atoms with van der Waals surface area (Å²) in [7, 11) is 1.64. The van der Waals surface area contributed by atoms with Crippen LogP contribution in [-0.4, -0.2) is 15.0 Å². The van der Waals surface area contributed by atoms with E-state index >= 15 is 0 Å². The standard InChI is InChI=1S/C20H19N3O2/c1-15-6-8-16(9-7-15)14-23-11-4-3-5-18(23)21-20(25)17-10-12-22(2)19(24)13-17/h3-13H,14H2,1-2H3. The number of aromatic nitrogens is 2. The number of carbonyl (C=O) groups excluding carboxylic acids is 1. The van der Waals surface area contributed by atoms with Gasteiger partial charge in [0.2, 0.25) is 0 Å². The zero-order chi connectivity index (χ0) is 17.8. The van der Waals surface area contributed by atoms with Crippen molar-refractivity contribution in [2.45, 2.75) is 13.5 Å². The van der Waals surface area contributed by atoms with E-state index in [0.717, 1.165) is 5.56 Å². The monoisotopic (exact) mass is 333 g/mol. The Kier molecular flexibility index (Phi) is 4.75. The topological polar surface area (TPSA) is 56.4 Å². The largest absolute Gasteiger partial charge is 0.328 e. The summed E-state index contributed by atoms with van der Waals surface area (Å²) in [5.41, 5.74) is 2.93. The van der Waals surface area contributed by atoms with Gasteiger partial charge in [0, 0.05) is 37.6 Å². The molecule has 0 atom stereocenters. The Bertz CT molecular complexity index is 1030. The van der Waals surface area contributed by atoms with Gasteiger partial charge in [-0.15, -0.1) is 0 Å². The van der Waals surface area contributed by atoms with Gasteiger partial charge in [-0.2, -0.15) is 4.99 Å². The first kappa shape index (κ1) is 16.6. The lowest BCUT2D eigenvalue weighted by molar-refractivity contribution is 0.0997. The summed E-state index contributed by atoms with van der Waals surface area (Å²) in [6.45, 7) is 2.66. The van der Waals surface area contributed by atoms with Crippen molar-refractivity contribution < 1.29 is 4.79 Å². The summed E-state index contributed by atoms with van der Waals surface area (Å²) in [4.78, 5) is 28.3. The molecule has 0 saturated heterocycles. The summed E-state index contributed by atoms with van der Waals surface area (Å²) < 4.78 is 3.32. The number of amides is 1. The Balaban J connectivity index is 1.95. The van der Waals surface area contributed by atoms with Gasteiger partial charge in [-0.1, -0.05) is 35.9 Å². The predicted octanol–water partition coefficient (Wildman–Crippen LogP) is 2.28. The van der Waals surface area contributed by atoms with Gasteiger partial charge in [-0.3, -0.25) is 9.59 Å². The summed E-state index contributed by atoms with van der Waals surface area (Å²) in [6.07, 6.45) is 3.45. The number of carbonyl (C=O) groups is 1. The Morgan fingerprint density at radius 3 is 2.52 bits per heavy atom. The Labute approximate surface area is 145 Å². The first-order valence-corrected chi connectivity index (χ1v) is 8.00. The number of hydrogen-bond acceptors (Lipinski definition) is 2. The van der Waals surface area contributed by atoms with E-state index in [9.17, 15) is 9.59 Å². The van der Waals surface area contributed by atoms with Crippen molar-refractivity contribution in [2.75, 3.05) is 0 Å². The molecule has 2 aromatic heterocycles. The SMILES string of the molecule is Cc1ccc(Cn2ccccc2=NC(=O)c2ccn(C)c(=O)c2)cc1. The van der Waals surface area contributed by atoms with Gasteiger partial charge in [0.05, 0.1) is 0 Å². The molecule has 1 aromatic carbocycles. The van der Waals surface area contributed by atoms with Gasteiger partial charge >= 0.3 is 0 Å². The van der Waals surface area contributed by atoms with Gasteiger partial charge in [-0.25, -0.2) is 0 Å². The molecule has 0 N–H and O–H groups in total. The maximum absolute atomic E-state index is 12.4. The molecule has 25 heavy (non-hydrogen) atoms. The fourth-order valence-corrected chi connectivity index (χ4v) is 2.44. The molecule has 5 nitrogen and oxygen atoms in total. The van der Waals surface area contributed by atoms with E-state index in [4.69, 9.17) is 0 Å². The van der Waals surface area contributed by atoms with Crippen molar-refractivity contribution >= 4 is 5.91 Å². The molecule has 1 amide bonds. The van der Waals surface area contributed by atoms with Gasteiger partial charge in [0.1, 0.15) is 5.49 Å². The van der Waals surface area contributed by atoms with Gasteiger partial charge < -0.3 is 9.13 Å². The average molecular weight is 333 g/mol. The number of hydrogen-bond donors (Lipinski definition) is 0. The highest BCUT2D eigenvalue weighted by molar-refractivity contribution is 5.94. The number of nitrogens with zero attached hydrogens (tertiary/aromatic N) is 3. The fourth-order valence-electron chi connectivity index (χ4n) is 2.44. The minimum atomic E-state index is -0.429. The van der Waals surface area contributed by atoms with Gasteiger partial charge in [0.15, 0.2) is 0 Å². The molecule has 0 aliphatic rings. The number of benzene rings is 1. The Morgan fingerprint density at radius 1 is 1.04 bits per heavy atom. The van der Waals surface area contributed by atoms with E-state index < -0.39 is 5.91 Å². The van der Waals surface area contributed by atoms with Crippen LogP contribution in [0, 0.1) is 6.92 Å². The molecule has 0 aliphatic heterocycles. The third-order valence-electron chi connectivity index (χ3n) is 3.96. The normalized spacial score (nSPS) is 11.5. The number of pyridine rings is 2. The molecular weight excluding hydrogens is 314 g/mol. The molecule has 2 heterocycles. The van der Waals surface area contributed by atoms with Gasteiger partial charge in [0.25, 0.3) is 11.5 Å². The van der Waals surface area contributed by atoms with Crippen molar-refractivity contribution in [1.29, 1.82) is 0 Å². The van der Waals surface area contributed by atoms with Crippen molar-refractivity contribution in [3.63, 3.8) is 0 Å². The molecule has 0 fully saturated rings. The van der Waals surface area contributed by atoms with Crippen LogP contribution in [0.25, 0.3) is 0 Å². The molecule has 3 aromatic rings. The van der Waals surface area contributed by atoms with E-state index in [-0.39, 0.29) is 11.1 Å².